The SMILES string of the molecule is CNCCC1CCN(CC(=O)Nc2ccsc2C(=O)OC)CC1.Cl. The molecule has 2 heterocycles. The fraction of sp³-hybridized carbons (Fsp3) is 0.625. The predicted molar refractivity (Wildman–Crippen MR) is 99.2 cm³/mol. The summed E-state index contributed by atoms with van der Waals surface area (Å²) in [6, 6.07) is 1.73. The van der Waals surface area contributed by atoms with Crippen LogP contribution in [0.4, 0.5) is 5.69 Å². The van der Waals surface area contributed by atoms with Gasteiger partial charge >= 0.3 is 5.97 Å². The number of halogens is 1. The van der Waals surface area contributed by atoms with Crippen LogP contribution in [0.15, 0.2) is 11.4 Å². The summed E-state index contributed by atoms with van der Waals surface area (Å²) in [6.45, 7) is 3.33. The van der Waals surface area contributed by atoms with E-state index in [4.69, 9.17) is 4.74 Å². The zero-order chi connectivity index (χ0) is 16.7. The van der Waals surface area contributed by atoms with E-state index in [0.29, 0.717) is 17.1 Å². The number of amides is 1. The largest absolute Gasteiger partial charge is 0.465 e. The lowest BCUT2D eigenvalue weighted by Gasteiger charge is -2.31. The van der Waals surface area contributed by atoms with Crippen LogP contribution in [0.1, 0.15) is 28.9 Å². The third kappa shape index (κ3) is 6.05. The van der Waals surface area contributed by atoms with Crippen LogP contribution < -0.4 is 10.6 Å². The summed E-state index contributed by atoms with van der Waals surface area (Å²) in [6.07, 6.45) is 3.48. The Labute approximate surface area is 153 Å². The molecule has 1 aliphatic rings. The van der Waals surface area contributed by atoms with Crippen molar-refractivity contribution in [1.82, 2.24) is 10.2 Å². The van der Waals surface area contributed by atoms with Crippen molar-refractivity contribution in [3.8, 4) is 0 Å². The number of esters is 1. The highest BCUT2D eigenvalue weighted by Gasteiger charge is 2.21. The van der Waals surface area contributed by atoms with E-state index < -0.39 is 5.97 Å². The monoisotopic (exact) mass is 375 g/mol. The molecule has 136 valence electrons. The average Bonchev–Trinajstić information content (AvgIpc) is 3.01. The molecule has 1 saturated heterocycles. The summed E-state index contributed by atoms with van der Waals surface area (Å²) in [5, 5.41) is 7.78. The number of anilines is 1. The molecule has 1 aliphatic heterocycles. The summed E-state index contributed by atoms with van der Waals surface area (Å²) in [5.74, 6) is 0.257. The maximum Gasteiger partial charge on any atom is 0.350 e. The van der Waals surface area contributed by atoms with Gasteiger partial charge in [-0.05, 0) is 63.3 Å². The molecule has 8 heteroatoms. The first-order chi connectivity index (χ1) is 11.1. The first-order valence-electron chi connectivity index (χ1n) is 7.96. The lowest BCUT2D eigenvalue weighted by Crippen LogP contribution is -2.39. The van der Waals surface area contributed by atoms with Crippen molar-refractivity contribution in [2.75, 3.05) is 45.7 Å². The van der Waals surface area contributed by atoms with Gasteiger partial charge in [0.2, 0.25) is 5.91 Å². The molecule has 0 atom stereocenters. The van der Waals surface area contributed by atoms with Crippen molar-refractivity contribution in [2.45, 2.75) is 19.3 Å². The van der Waals surface area contributed by atoms with E-state index in [1.807, 2.05) is 7.05 Å². The number of hydrogen-bond acceptors (Lipinski definition) is 6. The maximum absolute atomic E-state index is 12.2. The Morgan fingerprint density at radius 2 is 2.08 bits per heavy atom. The Bertz CT molecular complexity index is 530. The molecule has 0 unspecified atom stereocenters. The zero-order valence-corrected chi connectivity index (χ0v) is 15.8. The molecule has 1 fully saturated rings. The van der Waals surface area contributed by atoms with Gasteiger partial charge in [0.25, 0.3) is 0 Å². The van der Waals surface area contributed by atoms with Gasteiger partial charge in [-0.3, -0.25) is 9.69 Å². The summed E-state index contributed by atoms with van der Waals surface area (Å²) < 4.78 is 4.72. The van der Waals surface area contributed by atoms with E-state index in [0.717, 1.165) is 38.4 Å². The van der Waals surface area contributed by atoms with E-state index in [1.54, 1.807) is 11.4 Å². The number of nitrogens with zero attached hydrogens (tertiary/aromatic N) is 1. The van der Waals surface area contributed by atoms with Crippen molar-refractivity contribution in [1.29, 1.82) is 0 Å². The van der Waals surface area contributed by atoms with E-state index in [9.17, 15) is 9.59 Å². The van der Waals surface area contributed by atoms with Gasteiger partial charge in [-0.1, -0.05) is 0 Å². The molecule has 24 heavy (non-hydrogen) atoms. The molecule has 6 nitrogen and oxygen atoms in total. The number of thiophene rings is 1. The summed E-state index contributed by atoms with van der Waals surface area (Å²) in [7, 11) is 3.32. The number of carbonyl (C=O) groups excluding carboxylic acids is 2. The van der Waals surface area contributed by atoms with Gasteiger partial charge in [-0.2, -0.15) is 0 Å². The summed E-state index contributed by atoms with van der Waals surface area (Å²) in [4.78, 5) is 26.4. The van der Waals surface area contributed by atoms with Gasteiger partial charge in [0.15, 0.2) is 0 Å². The number of likely N-dealkylation sites (tertiary alicyclic amines) is 1. The molecule has 0 bridgehead atoms. The molecule has 2 rings (SSSR count). The maximum atomic E-state index is 12.2. The Hall–Kier alpha value is -1.15. The average molecular weight is 376 g/mol. The Morgan fingerprint density at radius 3 is 2.71 bits per heavy atom. The molecule has 1 aromatic heterocycles. The van der Waals surface area contributed by atoms with Crippen LogP contribution in [-0.4, -0.2) is 57.1 Å². The lowest BCUT2D eigenvalue weighted by molar-refractivity contribution is -0.117. The van der Waals surface area contributed by atoms with Gasteiger partial charge in [0, 0.05) is 0 Å². The zero-order valence-electron chi connectivity index (χ0n) is 14.2. The van der Waals surface area contributed by atoms with Crippen LogP contribution in [0.3, 0.4) is 0 Å². The highest BCUT2D eigenvalue weighted by atomic mass is 35.5. The van der Waals surface area contributed by atoms with Crippen molar-refractivity contribution in [3.63, 3.8) is 0 Å². The minimum Gasteiger partial charge on any atom is -0.465 e. The summed E-state index contributed by atoms with van der Waals surface area (Å²) >= 11 is 1.27. The second-order valence-corrected chi connectivity index (χ2v) is 6.73. The molecule has 0 aliphatic carbocycles. The molecular formula is C16H26ClN3O3S. The third-order valence-corrected chi connectivity index (χ3v) is 5.08. The van der Waals surface area contributed by atoms with Crippen LogP contribution >= 0.6 is 23.7 Å². The standard InChI is InChI=1S/C16H25N3O3S.ClH/c1-17-7-3-12-4-8-19(9-5-12)11-14(20)18-13-6-10-23-15(13)16(21)22-2;/h6,10,12,17H,3-5,7-9,11H2,1-2H3,(H,18,20);1H. The van der Waals surface area contributed by atoms with E-state index in [1.165, 1.54) is 24.9 Å². The van der Waals surface area contributed by atoms with Crippen LogP contribution in [0, 0.1) is 5.92 Å². The van der Waals surface area contributed by atoms with Crippen molar-refractivity contribution < 1.29 is 14.3 Å². The number of ether oxygens (including phenoxy) is 1. The molecule has 0 radical (unpaired) electrons. The quantitative estimate of drug-likeness (QED) is 0.715. The van der Waals surface area contributed by atoms with Gasteiger partial charge in [-0.15, -0.1) is 23.7 Å². The lowest BCUT2D eigenvalue weighted by atomic mass is 9.93. The fourth-order valence-corrected chi connectivity index (χ4v) is 3.60. The van der Waals surface area contributed by atoms with Gasteiger partial charge in [-0.25, -0.2) is 4.79 Å². The van der Waals surface area contributed by atoms with Crippen LogP contribution in [0.5, 0.6) is 0 Å². The number of piperidine rings is 1. The molecule has 0 saturated carbocycles. The highest BCUT2D eigenvalue weighted by molar-refractivity contribution is 7.12. The van der Waals surface area contributed by atoms with E-state index in [-0.39, 0.29) is 18.3 Å². The van der Waals surface area contributed by atoms with Crippen LogP contribution in [-0.2, 0) is 9.53 Å². The molecule has 0 aromatic carbocycles. The first kappa shape index (κ1) is 20.9. The van der Waals surface area contributed by atoms with Crippen LogP contribution in [0.25, 0.3) is 0 Å². The van der Waals surface area contributed by atoms with E-state index >= 15 is 0 Å². The topological polar surface area (TPSA) is 70.7 Å². The molecule has 1 aromatic rings. The first-order valence-corrected chi connectivity index (χ1v) is 8.84. The van der Waals surface area contributed by atoms with Crippen molar-refractivity contribution in [2.24, 2.45) is 5.92 Å². The Morgan fingerprint density at radius 1 is 1.38 bits per heavy atom. The fourth-order valence-electron chi connectivity index (χ4n) is 2.83. The van der Waals surface area contributed by atoms with Gasteiger partial charge in [0.1, 0.15) is 4.88 Å². The van der Waals surface area contributed by atoms with Crippen molar-refractivity contribution >= 4 is 41.3 Å². The third-order valence-electron chi connectivity index (χ3n) is 4.19. The smallest absolute Gasteiger partial charge is 0.350 e. The van der Waals surface area contributed by atoms with E-state index in [2.05, 4.69) is 15.5 Å². The predicted octanol–water partition coefficient (Wildman–Crippen LogP) is 2.22. The van der Waals surface area contributed by atoms with Crippen molar-refractivity contribution in [3.05, 3.63) is 16.3 Å². The minimum absolute atomic E-state index is 0. The van der Waals surface area contributed by atoms with Crippen LogP contribution in [0.2, 0.25) is 0 Å². The Balaban J connectivity index is 0.00000288. The number of carbonyl (C=O) groups is 2. The number of nitrogens with one attached hydrogen (secondary N) is 2. The highest BCUT2D eigenvalue weighted by Crippen LogP contribution is 2.23. The molecule has 0 spiro atoms. The summed E-state index contributed by atoms with van der Waals surface area (Å²) in [5.41, 5.74) is 0.538. The number of hydrogen-bond donors (Lipinski definition) is 2. The van der Waals surface area contributed by atoms with Gasteiger partial charge < -0.3 is 15.4 Å². The Kier molecular flexibility index (Phi) is 9.28. The second kappa shape index (κ2) is 10.7. The normalized spacial score (nSPS) is 15.6. The minimum atomic E-state index is -0.416. The number of methoxy groups -OCH3 is 1. The second-order valence-electron chi connectivity index (χ2n) is 5.81. The molecular weight excluding hydrogens is 350 g/mol. The number of rotatable bonds is 7. The van der Waals surface area contributed by atoms with Gasteiger partial charge in [0.05, 0.1) is 19.3 Å². The molecule has 1 amide bonds. The molecule has 2 N–H and O–H groups in total.